The van der Waals surface area contributed by atoms with Crippen molar-refractivity contribution in [1.29, 1.82) is 0 Å². The molecular weight excluding hydrogens is 164 g/mol. The second-order valence-corrected chi connectivity index (χ2v) is 2.80. The van der Waals surface area contributed by atoms with Gasteiger partial charge >= 0.3 is 5.97 Å². The van der Waals surface area contributed by atoms with Crippen molar-refractivity contribution in [3.8, 4) is 0 Å². The molecule has 0 heterocycles. The molecule has 1 rings (SSSR count). The predicted molar refractivity (Wildman–Crippen MR) is 52.5 cm³/mol. The highest BCUT2D eigenvalue weighted by Gasteiger charge is 2.01. The van der Waals surface area contributed by atoms with Gasteiger partial charge in [-0.05, 0) is 17.5 Å². The van der Waals surface area contributed by atoms with Gasteiger partial charge in [-0.15, -0.1) is 0 Å². The molecule has 0 aliphatic carbocycles. The first-order valence-electron chi connectivity index (χ1n) is 4.16. The molecule has 1 N–H and O–H groups in total. The summed E-state index contributed by atoms with van der Waals surface area (Å²) in [5.41, 5.74) is 2.06. The van der Waals surface area contributed by atoms with Crippen LogP contribution in [-0.2, 0) is 11.2 Å². The first-order chi connectivity index (χ1) is 6.24. The number of carboxylic acid groups (broad SMARTS) is 1. The molecular formula is C11H12O2. The van der Waals surface area contributed by atoms with Crippen LogP contribution in [0.2, 0.25) is 0 Å². The maximum Gasteiger partial charge on any atom is 0.303 e. The Morgan fingerprint density at radius 3 is 2.77 bits per heavy atom. The molecule has 0 saturated carbocycles. The van der Waals surface area contributed by atoms with E-state index in [1.54, 1.807) is 6.08 Å². The zero-order chi connectivity index (χ0) is 9.68. The van der Waals surface area contributed by atoms with Crippen molar-refractivity contribution in [2.45, 2.75) is 12.8 Å². The van der Waals surface area contributed by atoms with E-state index in [2.05, 4.69) is 6.58 Å². The van der Waals surface area contributed by atoms with Crippen LogP contribution in [0, 0.1) is 0 Å². The number of carbonyl (C=O) groups is 1. The Hall–Kier alpha value is -1.57. The Balaban J connectivity index is 2.75. The fourth-order valence-corrected chi connectivity index (χ4v) is 1.20. The molecule has 0 fully saturated rings. The van der Waals surface area contributed by atoms with E-state index in [1.807, 2.05) is 24.3 Å². The average Bonchev–Trinajstić information content (AvgIpc) is 2.15. The molecule has 13 heavy (non-hydrogen) atoms. The second-order valence-electron chi connectivity index (χ2n) is 2.80. The highest BCUT2D eigenvalue weighted by atomic mass is 16.4. The molecule has 0 aliphatic heterocycles. The van der Waals surface area contributed by atoms with Crippen molar-refractivity contribution in [1.82, 2.24) is 0 Å². The Morgan fingerprint density at radius 2 is 2.15 bits per heavy atom. The minimum Gasteiger partial charge on any atom is -0.481 e. The van der Waals surface area contributed by atoms with E-state index >= 15 is 0 Å². The largest absolute Gasteiger partial charge is 0.481 e. The number of carboxylic acids is 1. The molecule has 1 aromatic rings. The van der Waals surface area contributed by atoms with Crippen molar-refractivity contribution in [2.75, 3.05) is 0 Å². The molecule has 0 aromatic heterocycles. The summed E-state index contributed by atoms with van der Waals surface area (Å²) in [5.74, 6) is -0.765. The van der Waals surface area contributed by atoms with Crippen LogP contribution < -0.4 is 0 Å². The average molecular weight is 176 g/mol. The molecule has 0 atom stereocenters. The third-order valence-corrected chi connectivity index (χ3v) is 1.88. The van der Waals surface area contributed by atoms with E-state index in [0.717, 1.165) is 11.1 Å². The van der Waals surface area contributed by atoms with E-state index in [4.69, 9.17) is 5.11 Å². The normalized spacial score (nSPS) is 9.54. The molecule has 68 valence electrons. The van der Waals surface area contributed by atoms with Gasteiger partial charge in [-0.2, -0.15) is 0 Å². The lowest BCUT2D eigenvalue weighted by Gasteiger charge is -2.02. The van der Waals surface area contributed by atoms with Gasteiger partial charge in [0.05, 0.1) is 0 Å². The molecule has 0 saturated heterocycles. The van der Waals surface area contributed by atoms with Gasteiger partial charge in [-0.25, -0.2) is 0 Å². The predicted octanol–water partition coefficient (Wildman–Crippen LogP) is 2.35. The van der Waals surface area contributed by atoms with Gasteiger partial charge in [-0.1, -0.05) is 36.9 Å². The van der Waals surface area contributed by atoms with Crippen LogP contribution in [0.25, 0.3) is 6.08 Å². The quantitative estimate of drug-likeness (QED) is 0.764. The lowest BCUT2D eigenvalue weighted by molar-refractivity contribution is -0.136. The van der Waals surface area contributed by atoms with Crippen LogP contribution in [0.4, 0.5) is 0 Å². The number of rotatable bonds is 4. The summed E-state index contributed by atoms with van der Waals surface area (Å²) >= 11 is 0. The molecule has 0 aliphatic rings. The first-order valence-corrected chi connectivity index (χ1v) is 4.16. The van der Waals surface area contributed by atoms with Gasteiger partial charge in [0, 0.05) is 6.42 Å². The summed E-state index contributed by atoms with van der Waals surface area (Å²) in [6.45, 7) is 3.67. The zero-order valence-corrected chi connectivity index (χ0v) is 7.36. The smallest absolute Gasteiger partial charge is 0.303 e. The van der Waals surface area contributed by atoms with Gasteiger partial charge in [0.1, 0.15) is 0 Å². The standard InChI is InChI=1S/C11H12O2/c1-2-9-5-3-4-6-10(9)7-8-11(12)13/h2-6H,1,7-8H2,(H,12,13). The number of aliphatic carboxylic acids is 1. The van der Waals surface area contributed by atoms with E-state index in [9.17, 15) is 4.79 Å². The van der Waals surface area contributed by atoms with Crippen molar-refractivity contribution in [2.24, 2.45) is 0 Å². The van der Waals surface area contributed by atoms with Gasteiger partial charge in [-0.3, -0.25) is 4.79 Å². The summed E-state index contributed by atoms with van der Waals surface area (Å²) in [4.78, 5) is 10.3. The highest BCUT2D eigenvalue weighted by Crippen LogP contribution is 2.11. The first kappa shape index (κ1) is 9.52. The second kappa shape index (κ2) is 4.45. The van der Waals surface area contributed by atoms with Crippen LogP contribution in [0.5, 0.6) is 0 Å². The third kappa shape index (κ3) is 2.75. The molecule has 2 nitrogen and oxygen atoms in total. The molecule has 0 spiro atoms. The van der Waals surface area contributed by atoms with Gasteiger partial charge in [0.15, 0.2) is 0 Å². The molecule has 0 amide bonds. The monoisotopic (exact) mass is 176 g/mol. The van der Waals surface area contributed by atoms with Crippen LogP contribution in [0.15, 0.2) is 30.8 Å². The maximum atomic E-state index is 10.3. The van der Waals surface area contributed by atoms with Crippen molar-refractivity contribution in [3.05, 3.63) is 42.0 Å². The number of aryl methyl sites for hydroxylation is 1. The van der Waals surface area contributed by atoms with E-state index < -0.39 is 5.97 Å². The van der Waals surface area contributed by atoms with Crippen molar-refractivity contribution in [3.63, 3.8) is 0 Å². The van der Waals surface area contributed by atoms with Crippen molar-refractivity contribution < 1.29 is 9.90 Å². The number of hydrogen-bond donors (Lipinski definition) is 1. The Morgan fingerprint density at radius 1 is 1.46 bits per heavy atom. The topological polar surface area (TPSA) is 37.3 Å². The lowest BCUT2D eigenvalue weighted by atomic mass is 10.0. The van der Waals surface area contributed by atoms with Gasteiger partial charge in [0.25, 0.3) is 0 Å². The highest BCUT2D eigenvalue weighted by molar-refractivity contribution is 5.67. The van der Waals surface area contributed by atoms with Crippen LogP contribution in [0.1, 0.15) is 17.5 Å². The third-order valence-electron chi connectivity index (χ3n) is 1.88. The Labute approximate surface area is 77.5 Å². The number of hydrogen-bond acceptors (Lipinski definition) is 1. The summed E-state index contributed by atoms with van der Waals surface area (Å²) < 4.78 is 0. The van der Waals surface area contributed by atoms with Gasteiger partial charge < -0.3 is 5.11 Å². The summed E-state index contributed by atoms with van der Waals surface area (Å²) in [7, 11) is 0. The SMILES string of the molecule is C=Cc1ccccc1CCC(=O)O. The molecule has 2 heteroatoms. The summed E-state index contributed by atoms with van der Waals surface area (Å²) in [5, 5.41) is 8.51. The summed E-state index contributed by atoms with van der Waals surface area (Å²) in [6, 6.07) is 7.69. The Kier molecular flexibility index (Phi) is 3.26. The van der Waals surface area contributed by atoms with Crippen LogP contribution in [0.3, 0.4) is 0 Å². The molecule has 1 aromatic carbocycles. The van der Waals surface area contributed by atoms with E-state index in [0.29, 0.717) is 6.42 Å². The molecule has 0 radical (unpaired) electrons. The fourth-order valence-electron chi connectivity index (χ4n) is 1.20. The van der Waals surface area contributed by atoms with E-state index in [-0.39, 0.29) is 6.42 Å². The van der Waals surface area contributed by atoms with Crippen LogP contribution in [-0.4, -0.2) is 11.1 Å². The minimum atomic E-state index is -0.765. The molecule has 0 bridgehead atoms. The Bertz CT molecular complexity index is 316. The number of benzene rings is 1. The minimum absolute atomic E-state index is 0.171. The molecule has 0 unspecified atom stereocenters. The maximum absolute atomic E-state index is 10.3. The van der Waals surface area contributed by atoms with Gasteiger partial charge in [0.2, 0.25) is 0 Å². The lowest BCUT2D eigenvalue weighted by Crippen LogP contribution is -1.98. The van der Waals surface area contributed by atoms with Crippen LogP contribution >= 0.6 is 0 Å². The fraction of sp³-hybridized carbons (Fsp3) is 0.182. The van der Waals surface area contributed by atoms with Crippen molar-refractivity contribution >= 4 is 12.0 Å². The zero-order valence-electron chi connectivity index (χ0n) is 7.36. The van der Waals surface area contributed by atoms with E-state index in [1.165, 1.54) is 0 Å². The summed E-state index contributed by atoms with van der Waals surface area (Å²) in [6.07, 6.45) is 2.49.